The molecule has 1 amide bonds. The molecule has 0 saturated carbocycles. The maximum absolute atomic E-state index is 13.5. The van der Waals surface area contributed by atoms with Crippen LogP contribution in [0.1, 0.15) is 22.3 Å². The first kappa shape index (κ1) is 20.9. The van der Waals surface area contributed by atoms with E-state index in [0.29, 0.717) is 19.6 Å². The first-order chi connectivity index (χ1) is 12.8. The smallest absolute Gasteiger partial charge is 0.306 e. The number of rotatable bonds is 9. The summed E-state index contributed by atoms with van der Waals surface area (Å²) in [5.74, 6) is -0.564. The Balaban J connectivity index is 2.15. The molecule has 0 saturated heterocycles. The summed E-state index contributed by atoms with van der Waals surface area (Å²) in [6.07, 6.45) is 1.60. The summed E-state index contributed by atoms with van der Waals surface area (Å²) in [5, 5.41) is 0. The fourth-order valence-corrected chi connectivity index (χ4v) is 2.96. The monoisotopic (exact) mass is 395 g/mol. The van der Waals surface area contributed by atoms with Gasteiger partial charge in [0.25, 0.3) is 5.91 Å². The number of hydrogen-bond donors (Lipinski definition) is 0. The summed E-state index contributed by atoms with van der Waals surface area (Å²) in [7, 11) is -2.01. The van der Waals surface area contributed by atoms with E-state index < -0.39 is 15.9 Å². The third-order valence-electron chi connectivity index (χ3n) is 3.68. The standard InChI is InChI=1S/C19H22FNO5S/c1-25-12-4-11-21(19(22)16-5-3-6-17(20)13-16)14-15-7-9-18(10-8-15)26-27(2,23)24/h3,5-10,13H,4,11-12,14H2,1-2H3. The zero-order chi connectivity index (χ0) is 19.9. The molecule has 0 spiro atoms. The summed E-state index contributed by atoms with van der Waals surface area (Å²) in [5.41, 5.74) is 1.06. The van der Waals surface area contributed by atoms with Crippen LogP contribution >= 0.6 is 0 Å². The highest BCUT2D eigenvalue weighted by molar-refractivity contribution is 7.86. The number of ether oxygens (including phenoxy) is 1. The van der Waals surface area contributed by atoms with Crippen LogP contribution in [0.25, 0.3) is 0 Å². The highest BCUT2D eigenvalue weighted by Crippen LogP contribution is 2.17. The number of carbonyl (C=O) groups excluding carboxylic acids is 1. The molecule has 0 heterocycles. The molecular weight excluding hydrogens is 373 g/mol. The molecule has 0 atom stereocenters. The van der Waals surface area contributed by atoms with Crippen LogP contribution in [0.4, 0.5) is 4.39 Å². The van der Waals surface area contributed by atoms with Gasteiger partial charge >= 0.3 is 10.1 Å². The SMILES string of the molecule is COCCCN(Cc1ccc(OS(C)(=O)=O)cc1)C(=O)c1cccc(F)c1. The van der Waals surface area contributed by atoms with E-state index in [4.69, 9.17) is 8.92 Å². The largest absolute Gasteiger partial charge is 0.385 e. The molecule has 0 aliphatic heterocycles. The Bertz CT molecular complexity index is 868. The summed E-state index contributed by atoms with van der Waals surface area (Å²) in [6.45, 7) is 1.22. The lowest BCUT2D eigenvalue weighted by Crippen LogP contribution is -2.32. The van der Waals surface area contributed by atoms with Gasteiger partial charge in [-0.3, -0.25) is 4.79 Å². The van der Waals surface area contributed by atoms with E-state index in [1.807, 2.05) is 0 Å². The van der Waals surface area contributed by atoms with Gasteiger partial charge in [0, 0.05) is 32.4 Å². The van der Waals surface area contributed by atoms with E-state index in [-0.39, 0.29) is 23.8 Å². The Kier molecular flexibility index (Phi) is 7.32. The molecule has 0 unspecified atom stereocenters. The molecule has 0 aromatic heterocycles. The fourth-order valence-electron chi connectivity index (χ4n) is 2.50. The molecule has 6 nitrogen and oxygen atoms in total. The molecule has 0 aliphatic rings. The van der Waals surface area contributed by atoms with Gasteiger partial charge in [0.2, 0.25) is 0 Å². The first-order valence-electron chi connectivity index (χ1n) is 8.30. The minimum Gasteiger partial charge on any atom is -0.385 e. The molecule has 2 aromatic rings. The summed E-state index contributed by atoms with van der Waals surface area (Å²) >= 11 is 0. The maximum atomic E-state index is 13.5. The molecule has 0 aliphatic carbocycles. The van der Waals surface area contributed by atoms with E-state index >= 15 is 0 Å². The Labute approximate surface area is 158 Å². The van der Waals surface area contributed by atoms with Crippen molar-refractivity contribution in [1.82, 2.24) is 4.90 Å². The highest BCUT2D eigenvalue weighted by atomic mass is 32.2. The number of amides is 1. The van der Waals surface area contributed by atoms with Crippen molar-refractivity contribution in [1.29, 1.82) is 0 Å². The minimum atomic E-state index is -3.60. The van der Waals surface area contributed by atoms with Crippen LogP contribution in [0.15, 0.2) is 48.5 Å². The molecule has 146 valence electrons. The molecule has 27 heavy (non-hydrogen) atoms. The van der Waals surface area contributed by atoms with Crippen molar-refractivity contribution < 1.29 is 26.5 Å². The number of hydrogen-bond acceptors (Lipinski definition) is 5. The predicted molar refractivity (Wildman–Crippen MR) is 99.5 cm³/mol. The maximum Gasteiger partial charge on any atom is 0.306 e. The van der Waals surface area contributed by atoms with E-state index in [2.05, 4.69) is 0 Å². The van der Waals surface area contributed by atoms with Crippen LogP contribution in [0.2, 0.25) is 0 Å². The number of carbonyl (C=O) groups is 1. The Morgan fingerprint density at radius 2 is 1.85 bits per heavy atom. The lowest BCUT2D eigenvalue weighted by molar-refractivity contribution is 0.0723. The second-order valence-corrected chi connectivity index (χ2v) is 7.59. The average molecular weight is 395 g/mol. The molecule has 0 fully saturated rings. The van der Waals surface area contributed by atoms with Gasteiger partial charge in [0.15, 0.2) is 0 Å². The van der Waals surface area contributed by atoms with Gasteiger partial charge in [-0.15, -0.1) is 0 Å². The fraction of sp³-hybridized carbons (Fsp3) is 0.316. The predicted octanol–water partition coefficient (Wildman–Crippen LogP) is 2.84. The van der Waals surface area contributed by atoms with E-state index in [9.17, 15) is 17.6 Å². The van der Waals surface area contributed by atoms with Crippen molar-refractivity contribution in [3.63, 3.8) is 0 Å². The Morgan fingerprint density at radius 3 is 2.44 bits per heavy atom. The Morgan fingerprint density at radius 1 is 1.15 bits per heavy atom. The summed E-state index contributed by atoms with van der Waals surface area (Å²) in [4.78, 5) is 14.4. The zero-order valence-corrected chi connectivity index (χ0v) is 16.0. The average Bonchev–Trinajstić information content (AvgIpc) is 2.61. The zero-order valence-electron chi connectivity index (χ0n) is 15.2. The number of benzene rings is 2. The van der Waals surface area contributed by atoms with Crippen molar-refractivity contribution in [2.75, 3.05) is 26.5 Å². The van der Waals surface area contributed by atoms with Crippen molar-refractivity contribution in [2.45, 2.75) is 13.0 Å². The van der Waals surface area contributed by atoms with Gasteiger partial charge in [-0.05, 0) is 42.3 Å². The highest BCUT2D eigenvalue weighted by Gasteiger charge is 2.17. The number of nitrogens with zero attached hydrogens (tertiary/aromatic N) is 1. The lowest BCUT2D eigenvalue weighted by atomic mass is 10.1. The second kappa shape index (κ2) is 9.48. The van der Waals surface area contributed by atoms with Crippen LogP contribution in [0.5, 0.6) is 5.75 Å². The molecule has 0 bridgehead atoms. The van der Waals surface area contributed by atoms with Gasteiger partial charge in [-0.2, -0.15) is 8.42 Å². The first-order valence-corrected chi connectivity index (χ1v) is 10.1. The summed E-state index contributed by atoms with van der Waals surface area (Å²) < 4.78 is 45.6. The second-order valence-electron chi connectivity index (χ2n) is 6.01. The topological polar surface area (TPSA) is 72.9 Å². The molecule has 0 N–H and O–H groups in total. The molecule has 2 aromatic carbocycles. The molecular formula is C19H22FNO5S. The van der Waals surface area contributed by atoms with Crippen LogP contribution < -0.4 is 4.18 Å². The van der Waals surface area contributed by atoms with E-state index in [1.165, 1.54) is 30.3 Å². The van der Waals surface area contributed by atoms with E-state index in [0.717, 1.165) is 11.8 Å². The number of halogens is 1. The van der Waals surface area contributed by atoms with E-state index in [1.54, 1.807) is 30.2 Å². The van der Waals surface area contributed by atoms with Crippen LogP contribution in [-0.4, -0.2) is 45.7 Å². The van der Waals surface area contributed by atoms with Crippen LogP contribution in [-0.2, 0) is 21.4 Å². The van der Waals surface area contributed by atoms with Gasteiger partial charge in [0.05, 0.1) is 6.26 Å². The van der Waals surface area contributed by atoms with Crippen molar-refractivity contribution in [2.24, 2.45) is 0 Å². The van der Waals surface area contributed by atoms with Crippen LogP contribution in [0, 0.1) is 5.82 Å². The van der Waals surface area contributed by atoms with Gasteiger partial charge in [-0.25, -0.2) is 4.39 Å². The Hall–Kier alpha value is -2.45. The minimum absolute atomic E-state index is 0.198. The van der Waals surface area contributed by atoms with Crippen molar-refractivity contribution in [3.05, 3.63) is 65.5 Å². The molecule has 8 heteroatoms. The number of methoxy groups -OCH3 is 1. The normalized spacial score (nSPS) is 11.2. The van der Waals surface area contributed by atoms with Gasteiger partial charge in [0.1, 0.15) is 11.6 Å². The molecule has 0 radical (unpaired) electrons. The van der Waals surface area contributed by atoms with Crippen molar-refractivity contribution >= 4 is 16.0 Å². The van der Waals surface area contributed by atoms with Gasteiger partial charge in [-0.1, -0.05) is 18.2 Å². The lowest BCUT2D eigenvalue weighted by Gasteiger charge is -2.23. The third kappa shape index (κ3) is 6.99. The van der Waals surface area contributed by atoms with Gasteiger partial charge < -0.3 is 13.8 Å². The third-order valence-corrected chi connectivity index (χ3v) is 4.17. The van der Waals surface area contributed by atoms with Crippen LogP contribution in [0.3, 0.4) is 0 Å². The molecule has 2 rings (SSSR count). The van der Waals surface area contributed by atoms with Crippen molar-refractivity contribution in [3.8, 4) is 5.75 Å². The summed E-state index contributed by atoms with van der Waals surface area (Å²) in [6, 6.07) is 12.0. The quantitative estimate of drug-likeness (QED) is 0.482.